The summed E-state index contributed by atoms with van der Waals surface area (Å²) >= 11 is 0. The summed E-state index contributed by atoms with van der Waals surface area (Å²) in [5, 5.41) is 5.76. The van der Waals surface area contributed by atoms with E-state index in [4.69, 9.17) is 5.73 Å². The zero-order valence-corrected chi connectivity index (χ0v) is 11.9. The van der Waals surface area contributed by atoms with Crippen molar-refractivity contribution < 1.29 is 9.59 Å². The molecule has 2 aliphatic carbocycles. The van der Waals surface area contributed by atoms with Gasteiger partial charge in [0.05, 0.1) is 0 Å². The quantitative estimate of drug-likeness (QED) is 0.689. The Balaban J connectivity index is 1.59. The smallest absolute Gasteiger partial charge is 0.242 e. The molecule has 0 spiro atoms. The van der Waals surface area contributed by atoms with E-state index in [2.05, 4.69) is 10.6 Å². The van der Waals surface area contributed by atoms with Crippen molar-refractivity contribution >= 4 is 11.8 Å². The molecule has 0 aromatic carbocycles. The van der Waals surface area contributed by atoms with Crippen molar-refractivity contribution in [3.8, 4) is 0 Å². The largest absolute Gasteiger partial charge is 0.354 e. The van der Waals surface area contributed by atoms with Crippen LogP contribution in [-0.4, -0.2) is 30.4 Å². The van der Waals surface area contributed by atoms with Crippen molar-refractivity contribution in [1.82, 2.24) is 10.6 Å². The molecule has 0 aromatic rings. The summed E-state index contributed by atoms with van der Waals surface area (Å²) in [6.45, 7) is 0.730. The second-order valence-corrected chi connectivity index (χ2v) is 6.69. The van der Waals surface area contributed by atoms with Crippen molar-refractivity contribution in [2.75, 3.05) is 6.54 Å². The number of carbonyl (C=O) groups is 2. The first-order valence-corrected chi connectivity index (χ1v) is 7.99. The Kier molecular flexibility index (Phi) is 3.96. The van der Waals surface area contributed by atoms with Crippen LogP contribution < -0.4 is 16.4 Å². The third-order valence-electron chi connectivity index (χ3n) is 5.39. The van der Waals surface area contributed by atoms with E-state index in [0.717, 1.165) is 45.1 Å². The second-order valence-electron chi connectivity index (χ2n) is 6.69. The lowest BCUT2D eigenvalue weighted by Gasteiger charge is -2.43. The third-order valence-corrected chi connectivity index (χ3v) is 5.39. The summed E-state index contributed by atoms with van der Waals surface area (Å²) in [6, 6.07) is -0.0440. The highest BCUT2D eigenvalue weighted by atomic mass is 16.2. The molecule has 3 unspecified atom stereocenters. The number of hydrogen-bond acceptors (Lipinski definition) is 3. The number of carbonyl (C=O) groups excluding carboxylic acids is 2. The Bertz CT molecular complexity index is 385. The number of nitrogens with two attached hydrogens (primary N) is 1. The molecule has 2 bridgehead atoms. The van der Waals surface area contributed by atoms with Crippen LogP contribution in [0.1, 0.15) is 44.9 Å². The van der Waals surface area contributed by atoms with E-state index < -0.39 is 0 Å². The van der Waals surface area contributed by atoms with Crippen LogP contribution in [-0.2, 0) is 9.59 Å². The molecular weight excluding hydrogens is 254 g/mol. The molecule has 1 saturated heterocycles. The molecule has 3 atom stereocenters. The molecule has 0 radical (unpaired) electrons. The number of hydrogen-bond donors (Lipinski definition) is 3. The van der Waals surface area contributed by atoms with Gasteiger partial charge in [0.15, 0.2) is 0 Å². The number of piperidine rings is 1. The maximum absolute atomic E-state index is 12.4. The number of nitrogens with one attached hydrogen (secondary N) is 2. The summed E-state index contributed by atoms with van der Waals surface area (Å²) in [5.74, 6) is 1.09. The molecule has 112 valence electrons. The summed E-state index contributed by atoms with van der Waals surface area (Å²) in [7, 11) is 0. The van der Waals surface area contributed by atoms with Crippen LogP contribution in [0.2, 0.25) is 0 Å². The lowest BCUT2D eigenvalue weighted by atomic mass is 9.65. The van der Waals surface area contributed by atoms with E-state index in [0.29, 0.717) is 11.8 Å². The molecule has 1 aliphatic heterocycles. The molecule has 0 aromatic heterocycles. The van der Waals surface area contributed by atoms with Crippen molar-refractivity contribution in [1.29, 1.82) is 0 Å². The fourth-order valence-electron chi connectivity index (χ4n) is 4.20. The number of amides is 2. The molecule has 5 nitrogen and oxygen atoms in total. The molecule has 1 heterocycles. The average molecular weight is 279 g/mol. The van der Waals surface area contributed by atoms with Crippen molar-refractivity contribution in [2.45, 2.75) is 57.0 Å². The molecular formula is C15H25N3O2. The highest BCUT2D eigenvalue weighted by Gasteiger charge is 2.41. The van der Waals surface area contributed by atoms with E-state index in [-0.39, 0.29) is 29.8 Å². The first-order valence-electron chi connectivity index (χ1n) is 7.99. The van der Waals surface area contributed by atoms with Gasteiger partial charge in [0.25, 0.3) is 0 Å². The third kappa shape index (κ3) is 2.68. The topological polar surface area (TPSA) is 84.2 Å². The van der Waals surface area contributed by atoms with Gasteiger partial charge in [-0.1, -0.05) is 6.42 Å². The van der Waals surface area contributed by atoms with Crippen molar-refractivity contribution in [3.05, 3.63) is 0 Å². The summed E-state index contributed by atoms with van der Waals surface area (Å²) in [4.78, 5) is 24.1. The van der Waals surface area contributed by atoms with Gasteiger partial charge in [-0.05, 0) is 50.4 Å². The van der Waals surface area contributed by atoms with E-state index in [1.165, 1.54) is 6.42 Å². The maximum Gasteiger partial charge on any atom is 0.242 e. The predicted octanol–water partition coefficient (Wildman–Crippen LogP) is 0.535. The molecule has 3 aliphatic rings. The lowest BCUT2D eigenvalue weighted by Crippen LogP contribution is -2.54. The summed E-state index contributed by atoms with van der Waals surface area (Å²) in [6.07, 6.45) is 7.07. The van der Waals surface area contributed by atoms with E-state index in [1.807, 2.05) is 0 Å². The second kappa shape index (κ2) is 5.72. The fraction of sp³-hybridized carbons (Fsp3) is 0.867. The maximum atomic E-state index is 12.4. The average Bonchev–Trinajstić information content (AvgIpc) is 2.41. The van der Waals surface area contributed by atoms with Crippen LogP contribution in [0.3, 0.4) is 0 Å². The highest BCUT2D eigenvalue weighted by Crippen LogP contribution is 2.41. The molecule has 3 rings (SSSR count). The molecule has 3 fully saturated rings. The standard InChI is InChI=1S/C15H25N3O2/c16-13-9-3-1-4-10(13)8-11(7-9)14(19)18-12-5-2-6-17-15(12)20/h9-13H,1-8,16H2,(H,17,20)(H,18,19). The number of fused-ring (bicyclic) bond motifs is 2. The normalized spacial score (nSPS) is 40.9. The Morgan fingerprint density at radius 2 is 1.85 bits per heavy atom. The van der Waals surface area contributed by atoms with E-state index in [1.54, 1.807) is 0 Å². The lowest BCUT2D eigenvalue weighted by molar-refractivity contribution is -0.133. The fourth-order valence-corrected chi connectivity index (χ4v) is 4.20. The van der Waals surface area contributed by atoms with Gasteiger partial charge in [0, 0.05) is 18.5 Å². The van der Waals surface area contributed by atoms with Crippen LogP contribution in [0.25, 0.3) is 0 Å². The first-order chi connectivity index (χ1) is 9.65. The summed E-state index contributed by atoms with van der Waals surface area (Å²) < 4.78 is 0. The minimum absolute atomic E-state index is 0.0303. The van der Waals surface area contributed by atoms with Gasteiger partial charge in [-0.15, -0.1) is 0 Å². The van der Waals surface area contributed by atoms with Gasteiger partial charge in [-0.2, -0.15) is 0 Å². The van der Waals surface area contributed by atoms with E-state index in [9.17, 15) is 9.59 Å². The van der Waals surface area contributed by atoms with Crippen molar-refractivity contribution in [3.63, 3.8) is 0 Å². The minimum atomic E-state index is -0.327. The van der Waals surface area contributed by atoms with Crippen LogP contribution in [0, 0.1) is 17.8 Å². The molecule has 2 saturated carbocycles. The van der Waals surface area contributed by atoms with Crippen LogP contribution in [0.15, 0.2) is 0 Å². The Morgan fingerprint density at radius 3 is 2.50 bits per heavy atom. The molecule has 2 amide bonds. The van der Waals surface area contributed by atoms with Gasteiger partial charge in [0.1, 0.15) is 6.04 Å². The van der Waals surface area contributed by atoms with Gasteiger partial charge in [-0.25, -0.2) is 0 Å². The van der Waals surface area contributed by atoms with Gasteiger partial charge < -0.3 is 16.4 Å². The Labute approximate surface area is 120 Å². The van der Waals surface area contributed by atoms with Gasteiger partial charge >= 0.3 is 0 Å². The monoisotopic (exact) mass is 279 g/mol. The Morgan fingerprint density at radius 1 is 1.15 bits per heavy atom. The SMILES string of the molecule is NC1C2CCCC1CC(C(=O)NC1CCCNC1=O)C2. The number of rotatable bonds is 2. The Hall–Kier alpha value is -1.10. The zero-order chi connectivity index (χ0) is 14.1. The molecule has 20 heavy (non-hydrogen) atoms. The molecule has 4 N–H and O–H groups in total. The molecule has 5 heteroatoms. The van der Waals surface area contributed by atoms with Gasteiger partial charge in [0.2, 0.25) is 11.8 Å². The summed E-state index contributed by atoms with van der Waals surface area (Å²) in [5.41, 5.74) is 6.26. The van der Waals surface area contributed by atoms with Crippen molar-refractivity contribution in [2.24, 2.45) is 23.5 Å². The predicted molar refractivity (Wildman–Crippen MR) is 75.7 cm³/mol. The van der Waals surface area contributed by atoms with Crippen LogP contribution >= 0.6 is 0 Å². The first kappa shape index (κ1) is 13.9. The van der Waals surface area contributed by atoms with E-state index >= 15 is 0 Å². The van der Waals surface area contributed by atoms with Crippen LogP contribution in [0.5, 0.6) is 0 Å². The minimum Gasteiger partial charge on any atom is -0.354 e. The van der Waals surface area contributed by atoms with Gasteiger partial charge in [-0.3, -0.25) is 9.59 Å². The zero-order valence-electron chi connectivity index (χ0n) is 11.9. The highest BCUT2D eigenvalue weighted by molar-refractivity contribution is 5.88. The van der Waals surface area contributed by atoms with Crippen LogP contribution in [0.4, 0.5) is 0 Å².